The van der Waals surface area contributed by atoms with Crippen LogP contribution in [0.5, 0.6) is 0 Å². The van der Waals surface area contributed by atoms with Gasteiger partial charge in [-0.05, 0) is 32.9 Å². The summed E-state index contributed by atoms with van der Waals surface area (Å²) in [6.45, 7) is 1.11. The Morgan fingerprint density at radius 3 is 2.84 bits per heavy atom. The highest BCUT2D eigenvalue weighted by Gasteiger charge is 2.33. The molecule has 0 aromatic carbocycles. The van der Waals surface area contributed by atoms with E-state index in [2.05, 4.69) is 34.1 Å². The van der Waals surface area contributed by atoms with Crippen molar-refractivity contribution in [3.8, 4) is 0 Å². The lowest BCUT2D eigenvalue weighted by Crippen LogP contribution is -2.35. The number of anilines is 1. The van der Waals surface area contributed by atoms with Gasteiger partial charge in [0, 0.05) is 12.1 Å². The van der Waals surface area contributed by atoms with Crippen molar-refractivity contribution < 1.29 is 0 Å². The summed E-state index contributed by atoms with van der Waals surface area (Å²) in [4.78, 5) is 10.5. The molecule has 0 atom stereocenters. The van der Waals surface area contributed by atoms with Crippen molar-refractivity contribution in [3.63, 3.8) is 0 Å². The zero-order valence-electron chi connectivity index (χ0n) is 11.2. The molecule has 6 nitrogen and oxygen atoms in total. The molecule has 2 N–H and O–H groups in total. The standard InChI is InChI=1S/C12H17BN6/c1-18(2)5-7-3-8(4-7)19-12-9(10(13)17-19)11(14)15-6-16-12/h6-8H,3-5H2,1-2H3,(H2,14,15,16). The fraction of sp³-hybridized carbons (Fsp3) is 0.583. The number of rotatable bonds is 3. The summed E-state index contributed by atoms with van der Waals surface area (Å²) >= 11 is 0. The molecule has 3 rings (SSSR count). The molecule has 2 aromatic rings. The maximum Gasteiger partial charge on any atom is 0.162 e. The van der Waals surface area contributed by atoms with Crippen LogP contribution in [0.15, 0.2) is 6.33 Å². The second kappa shape index (κ2) is 4.49. The van der Waals surface area contributed by atoms with Gasteiger partial charge in [-0.25, -0.2) is 14.6 Å². The summed E-state index contributed by atoms with van der Waals surface area (Å²) in [5.74, 6) is 1.12. The van der Waals surface area contributed by atoms with E-state index in [0.29, 0.717) is 22.8 Å². The van der Waals surface area contributed by atoms with E-state index in [4.69, 9.17) is 13.6 Å². The molecule has 0 spiro atoms. The number of aromatic nitrogens is 4. The van der Waals surface area contributed by atoms with Crippen LogP contribution in [0, 0.1) is 5.92 Å². The molecule has 19 heavy (non-hydrogen) atoms. The molecule has 0 bridgehead atoms. The lowest BCUT2D eigenvalue weighted by Gasteiger charge is -2.37. The Balaban J connectivity index is 1.86. The molecule has 0 amide bonds. The van der Waals surface area contributed by atoms with Gasteiger partial charge >= 0.3 is 0 Å². The minimum absolute atomic E-state index is 0.374. The molecule has 2 heterocycles. The van der Waals surface area contributed by atoms with Gasteiger partial charge in [0.25, 0.3) is 0 Å². The van der Waals surface area contributed by atoms with Crippen LogP contribution in [-0.4, -0.2) is 53.1 Å². The first-order chi connectivity index (χ1) is 9.06. The van der Waals surface area contributed by atoms with E-state index in [1.165, 1.54) is 6.33 Å². The smallest absolute Gasteiger partial charge is 0.162 e. The Morgan fingerprint density at radius 2 is 2.16 bits per heavy atom. The highest BCUT2D eigenvalue weighted by atomic mass is 15.3. The molecule has 2 aromatic heterocycles. The van der Waals surface area contributed by atoms with E-state index in [1.54, 1.807) is 0 Å². The molecule has 0 aliphatic heterocycles. The van der Waals surface area contributed by atoms with E-state index in [9.17, 15) is 0 Å². The Labute approximate surface area is 113 Å². The average Bonchev–Trinajstić information content (AvgIpc) is 2.62. The van der Waals surface area contributed by atoms with Crippen LogP contribution in [0.4, 0.5) is 5.82 Å². The van der Waals surface area contributed by atoms with Crippen molar-refractivity contribution in [3.05, 3.63) is 6.33 Å². The SMILES string of the molecule is [B]c1nn(C2CC(CN(C)C)C2)c2ncnc(N)c12. The first kappa shape index (κ1) is 12.4. The third-order valence-electron chi connectivity index (χ3n) is 3.73. The van der Waals surface area contributed by atoms with Gasteiger partial charge in [0.05, 0.1) is 11.4 Å². The monoisotopic (exact) mass is 256 g/mol. The molecule has 0 saturated heterocycles. The summed E-state index contributed by atoms with van der Waals surface area (Å²) in [7, 11) is 10.1. The Bertz CT molecular complexity index is 602. The largest absolute Gasteiger partial charge is 0.383 e. The third kappa shape index (κ3) is 2.08. The summed E-state index contributed by atoms with van der Waals surface area (Å²) < 4.78 is 1.91. The lowest BCUT2D eigenvalue weighted by molar-refractivity contribution is 0.150. The fourth-order valence-corrected chi connectivity index (χ4v) is 2.84. The van der Waals surface area contributed by atoms with Crippen molar-refractivity contribution in [1.82, 2.24) is 24.6 Å². The normalized spacial score (nSPS) is 22.9. The van der Waals surface area contributed by atoms with Gasteiger partial charge in [-0.1, -0.05) is 0 Å². The maximum atomic E-state index is 5.91. The topological polar surface area (TPSA) is 72.9 Å². The summed E-state index contributed by atoms with van der Waals surface area (Å²) in [5, 5.41) is 5.06. The number of hydrogen-bond acceptors (Lipinski definition) is 5. The number of nitrogens with two attached hydrogens (primary N) is 1. The summed E-state index contributed by atoms with van der Waals surface area (Å²) in [5.41, 5.74) is 7.00. The Hall–Kier alpha value is -1.63. The van der Waals surface area contributed by atoms with Crippen molar-refractivity contribution in [2.24, 2.45) is 5.92 Å². The van der Waals surface area contributed by atoms with Gasteiger partial charge in [-0.15, -0.1) is 0 Å². The molecule has 7 heteroatoms. The zero-order chi connectivity index (χ0) is 13.6. The minimum Gasteiger partial charge on any atom is -0.383 e. The zero-order valence-corrected chi connectivity index (χ0v) is 11.2. The molecule has 1 aliphatic carbocycles. The maximum absolute atomic E-state index is 5.91. The van der Waals surface area contributed by atoms with E-state index >= 15 is 0 Å². The number of fused-ring (bicyclic) bond motifs is 1. The highest BCUT2D eigenvalue weighted by Crippen LogP contribution is 2.38. The second-order valence-electron chi connectivity index (χ2n) is 5.54. The molecule has 0 unspecified atom stereocenters. The first-order valence-electron chi connectivity index (χ1n) is 6.45. The third-order valence-corrected chi connectivity index (χ3v) is 3.73. The minimum atomic E-state index is 0.374. The fourth-order valence-electron chi connectivity index (χ4n) is 2.84. The van der Waals surface area contributed by atoms with Gasteiger partial charge in [0.1, 0.15) is 20.0 Å². The van der Waals surface area contributed by atoms with Crippen molar-refractivity contribution in [2.45, 2.75) is 18.9 Å². The number of hydrogen-bond donors (Lipinski definition) is 1. The molecule has 98 valence electrons. The lowest BCUT2D eigenvalue weighted by atomic mass is 9.80. The van der Waals surface area contributed by atoms with Crippen molar-refractivity contribution in [1.29, 1.82) is 0 Å². The van der Waals surface area contributed by atoms with Gasteiger partial charge in [0.15, 0.2) is 5.65 Å². The second-order valence-corrected chi connectivity index (χ2v) is 5.54. The van der Waals surface area contributed by atoms with Crippen LogP contribution < -0.4 is 11.3 Å². The molecular weight excluding hydrogens is 239 g/mol. The highest BCUT2D eigenvalue weighted by molar-refractivity contribution is 6.38. The van der Waals surface area contributed by atoms with Gasteiger partial charge < -0.3 is 10.6 Å². The van der Waals surface area contributed by atoms with Crippen LogP contribution >= 0.6 is 0 Å². The molecule has 1 fully saturated rings. The van der Waals surface area contributed by atoms with E-state index < -0.39 is 0 Å². The molecule has 2 radical (unpaired) electrons. The van der Waals surface area contributed by atoms with E-state index in [-0.39, 0.29) is 0 Å². The molecular formula is C12H17BN6. The van der Waals surface area contributed by atoms with Crippen molar-refractivity contribution >= 4 is 30.3 Å². The van der Waals surface area contributed by atoms with Crippen LogP contribution in [0.2, 0.25) is 0 Å². The predicted molar refractivity (Wildman–Crippen MR) is 75.4 cm³/mol. The summed E-state index contributed by atoms with van der Waals surface area (Å²) in [6.07, 6.45) is 3.68. The van der Waals surface area contributed by atoms with E-state index in [0.717, 1.165) is 31.0 Å². The van der Waals surface area contributed by atoms with Gasteiger partial charge in [0.2, 0.25) is 0 Å². The quantitative estimate of drug-likeness (QED) is 0.764. The Morgan fingerprint density at radius 1 is 1.42 bits per heavy atom. The molecule has 1 saturated carbocycles. The van der Waals surface area contributed by atoms with Crippen LogP contribution in [0.1, 0.15) is 18.9 Å². The Kier molecular flexibility index (Phi) is 2.93. The number of nitrogens with zero attached hydrogens (tertiary/aromatic N) is 5. The van der Waals surface area contributed by atoms with Crippen LogP contribution in [0.25, 0.3) is 11.0 Å². The summed E-state index contributed by atoms with van der Waals surface area (Å²) in [6, 6.07) is 0.374. The average molecular weight is 256 g/mol. The molecule has 1 aliphatic rings. The van der Waals surface area contributed by atoms with Crippen LogP contribution in [0.3, 0.4) is 0 Å². The van der Waals surface area contributed by atoms with Crippen molar-refractivity contribution in [2.75, 3.05) is 26.4 Å². The first-order valence-corrected chi connectivity index (χ1v) is 6.45. The number of nitrogen functional groups attached to an aromatic ring is 1. The predicted octanol–water partition coefficient (Wildman–Crippen LogP) is -0.285. The van der Waals surface area contributed by atoms with Gasteiger partial charge in [-0.3, -0.25) is 0 Å². The van der Waals surface area contributed by atoms with E-state index in [1.807, 2.05) is 4.68 Å². The van der Waals surface area contributed by atoms with Crippen LogP contribution in [-0.2, 0) is 0 Å². The van der Waals surface area contributed by atoms with Gasteiger partial charge in [-0.2, -0.15) is 5.10 Å².